The Balaban J connectivity index is 1.62. The molecule has 0 radical (unpaired) electrons. The Bertz CT molecular complexity index is 390. The van der Waals surface area contributed by atoms with Gasteiger partial charge in [-0.1, -0.05) is 31.4 Å². The molecule has 0 amide bonds. The maximum Gasteiger partial charge on any atom is 0.161 e. The molecule has 0 bridgehead atoms. The number of benzene rings is 1. The lowest BCUT2D eigenvalue weighted by atomic mass is 9.80. The van der Waals surface area contributed by atoms with Gasteiger partial charge in [0.25, 0.3) is 0 Å². The van der Waals surface area contributed by atoms with E-state index in [9.17, 15) is 0 Å². The Morgan fingerprint density at radius 3 is 2.71 bits per heavy atom. The van der Waals surface area contributed by atoms with Gasteiger partial charge in [-0.25, -0.2) is 0 Å². The highest BCUT2D eigenvalue weighted by Crippen LogP contribution is 2.34. The van der Waals surface area contributed by atoms with Crippen LogP contribution in [0.1, 0.15) is 25.7 Å². The van der Waals surface area contributed by atoms with Crippen LogP contribution in [0.15, 0.2) is 24.3 Å². The quantitative estimate of drug-likeness (QED) is 0.871. The second kappa shape index (κ2) is 4.57. The highest BCUT2D eigenvalue weighted by atomic mass is 16.6. The summed E-state index contributed by atoms with van der Waals surface area (Å²) in [5.41, 5.74) is 6.21. The number of hydrogen-bond donors (Lipinski definition) is 1. The van der Waals surface area contributed by atoms with Gasteiger partial charge < -0.3 is 15.2 Å². The van der Waals surface area contributed by atoms with Crippen molar-refractivity contribution in [1.29, 1.82) is 0 Å². The number of para-hydroxylation sites is 2. The number of nitrogens with two attached hydrogens (primary N) is 1. The van der Waals surface area contributed by atoms with Gasteiger partial charge in [-0.3, -0.25) is 0 Å². The molecular formula is C14H19NO2. The Morgan fingerprint density at radius 2 is 2.00 bits per heavy atom. The van der Waals surface area contributed by atoms with Gasteiger partial charge in [-0.2, -0.15) is 0 Å². The molecule has 2 atom stereocenters. The van der Waals surface area contributed by atoms with Crippen LogP contribution in [0.25, 0.3) is 0 Å². The lowest BCUT2D eigenvalue weighted by molar-refractivity contribution is 0.0610. The fourth-order valence-electron chi connectivity index (χ4n) is 2.51. The monoisotopic (exact) mass is 233 g/mol. The van der Waals surface area contributed by atoms with E-state index in [-0.39, 0.29) is 12.1 Å². The van der Waals surface area contributed by atoms with E-state index in [1.165, 1.54) is 19.3 Å². The number of ether oxygens (including phenoxy) is 2. The Kier molecular flexibility index (Phi) is 2.93. The first-order valence-electron chi connectivity index (χ1n) is 6.47. The normalized spacial score (nSPS) is 25.1. The Morgan fingerprint density at radius 1 is 1.24 bits per heavy atom. The van der Waals surface area contributed by atoms with Crippen LogP contribution in [0.3, 0.4) is 0 Å². The Hall–Kier alpha value is -1.22. The first-order chi connectivity index (χ1) is 8.33. The van der Waals surface area contributed by atoms with Crippen molar-refractivity contribution >= 4 is 0 Å². The average Bonchev–Trinajstić information content (AvgIpc) is 2.33. The van der Waals surface area contributed by atoms with Crippen LogP contribution in [0.5, 0.6) is 11.5 Å². The summed E-state index contributed by atoms with van der Waals surface area (Å²) in [5.74, 6) is 2.47. The van der Waals surface area contributed by atoms with Crippen LogP contribution >= 0.6 is 0 Å². The molecule has 2 aliphatic rings. The van der Waals surface area contributed by atoms with Gasteiger partial charge in [0.2, 0.25) is 0 Å². The number of fused-ring (bicyclic) bond motifs is 1. The molecule has 3 heteroatoms. The van der Waals surface area contributed by atoms with Gasteiger partial charge >= 0.3 is 0 Å². The summed E-state index contributed by atoms with van der Waals surface area (Å²) in [6, 6.07) is 7.88. The maximum absolute atomic E-state index is 6.21. The molecule has 1 fully saturated rings. The second-order valence-corrected chi connectivity index (χ2v) is 5.11. The molecule has 0 spiro atoms. The molecular weight excluding hydrogens is 214 g/mol. The minimum atomic E-state index is 0.00509. The first-order valence-corrected chi connectivity index (χ1v) is 6.47. The average molecular weight is 233 g/mol. The summed E-state index contributed by atoms with van der Waals surface area (Å²) in [6.45, 7) is 0.574. The van der Waals surface area contributed by atoms with Crippen LogP contribution in [0.2, 0.25) is 0 Å². The molecule has 1 aromatic rings. The van der Waals surface area contributed by atoms with Crippen molar-refractivity contribution in [3.05, 3.63) is 24.3 Å². The number of rotatable bonds is 3. The van der Waals surface area contributed by atoms with Crippen LogP contribution in [-0.4, -0.2) is 18.8 Å². The van der Waals surface area contributed by atoms with E-state index in [0.29, 0.717) is 6.61 Å². The van der Waals surface area contributed by atoms with Gasteiger partial charge in [0.15, 0.2) is 11.5 Å². The topological polar surface area (TPSA) is 44.5 Å². The standard InChI is InChI=1S/C14H19NO2/c15-11(8-10-4-3-5-10)14-9-16-12-6-1-2-7-13(12)17-14/h1-2,6-7,10-11,14H,3-5,8-9,15H2. The third kappa shape index (κ3) is 2.25. The van der Waals surface area contributed by atoms with E-state index in [0.717, 1.165) is 23.8 Å². The van der Waals surface area contributed by atoms with Crippen molar-refractivity contribution in [2.75, 3.05) is 6.61 Å². The minimum absolute atomic E-state index is 0.00509. The van der Waals surface area contributed by atoms with Gasteiger partial charge in [0, 0.05) is 6.04 Å². The molecule has 1 aliphatic carbocycles. The van der Waals surface area contributed by atoms with Gasteiger partial charge in [-0.15, -0.1) is 0 Å². The zero-order valence-electron chi connectivity index (χ0n) is 9.97. The SMILES string of the molecule is NC(CC1CCC1)C1COc2ccccc2O1. The van der Waals surface area contributed by atoms with Crippen LogP contribution < -0.4 is 15.2 Å². The summed E-state index contributed by atoms with van der Waals surface area (Å²) < 4.78 is 11.6. The zero-order chi connectivity index (χ0) is 11.7. The third-order valence-electron chi connectivity index (χ3n) is 3.84. The highest BCUT2D eigenvalue weighted by molar-refractivity contribution is 5.40. The van der Waals surface area contributed by atoms with Crippen molar-refractivity contribution in [2.45, 2.75) is 37.8 Å². The molecule has 0 aromatic heterocycles. The predicted octanol–water partition coefficient (Wildman–Crippen LogP) is 2.34. The third-order valence-corrected chi connectivity index (χ3v) is 3.84. The highest BCUT2D eigenvalue weighted by Gasteiger charge is 2.29. The summed E-state index contributed by atoms with van der Waals surface area (Å²) in [4.78, 5) is 0. The molecule has 92 valence electrons. The summed E-state index contributed by atoms with van der Waals surface area (Å²) in [5, 5.41) is 0. The van der Waals surface area contributed by atoms with Crippen molar-refractivity contribution in [1.82, 2.24) is 0 Å². The number of hydrogen-bond acceptors (Lipinski definition) is 3. The second-order valence-electron chi connectivity index (χ2n) is 5.11. The van der Waals surface area contributed by atoms with E-state index in [1.807, 2.05) is 24.3 Å². The van der Waals surface area contributed by atoms with Gasteiger partial charge in [0.05, 0.1) is 0 Å². The predicted molar refractivity (Wildman–Crippen MR) is 66.3 cm³/mol. The van der Waals surface area contributed by atoms with E-state index < -0.39 is 0 Å². The lowest BCUT2D eigenvalue weighted by Gasteiger charge is -2.34. The smallest absolute Gasteiger partial charge is 0.161 e. The lowest BCUT2D eigenvalue weighted by Crippen LogP contribution is -2.46. The molecule has 1 aromatic carbocycles. The molecule has 17 heavy (non-hydrogen) atoms. The molecule has 2 unspecified atom stereocenters. The molecule has 1 aliphatic heterocycles. The fourth-order valence-corrected chi connectivity index (χ4v) is 2.51. The molecule has 0 saturated heterocycles. The zero-order valence-corrected chi connectivity index (χ0v) is 9.97. The summed E-state index contributed by atoms with van der Waals surface area (Å²) >= 11 is 0. The van der Waals surface area contributed by atoms with Crippen molar-refractivity contribution in [2.24, 2.45) is 11.7 Å². The van der Waals surface area contributed by atoms with E-state index in [2.05, 4.69) is 0 Å². The largest absolute Gasteiger partial charge is 0.486 e. The van der Waals surface area contributed by atoms with Gasteiger partial charge in [0.1, 0.15) is 12.7 Å². The van der Waals surface area contributed by atoms with Crippen LogP contribution in [0, 0.1) is 5.92 Å². The van der Waals surface area contributed by atoms with E-state index in [1.54, 1.807) is 0 Å². The van der Waals surface area contributed by atoms with E-state index in [4.69, 9.17) is 15.2 Å². The summed E-state index contributed by atoms with van der Waals surface area (Å²) in [7, 11) is 0. The fraction of sp³-hybridized carbons (Fsp3) is 0.571. The van der Waals surface area contributed by atoms with Crippen molar-refractivity contribution < 1.29 is 9.47 Å². The van der Waals surface area contributed by atoms with Crippen LogP contribution in [-0.2, 0) is 0 Å². The summed E-state index contributed by atoms with van der Waals surface area (Å²) in [6.07, 6.45) is 5.10. The van der Waals surface area contributed by atoms with Crippen molar-refractivity contribution in [3.63, 3.8) is 0 Å². The van der Waals surface area contributed by atoms with Crippen LogP contribution in [0.4, 0.5) is 0 Å². The molecule has 3 rings (SSSR count). The minimum Gasteiger partial charge on any atom is -0.486 e. The Labute approximate surface area is 102 Å². The molecule has 1 heterocycles. The molecule has 2 N–H and O–H groups in total. The van der Waals surface area contributed by atoms with Gasteiger partial charge in [-0.05, 0) is 24.5 Å². The first kappa shape index (κ1) is 10.9. The maximum atomic E-state index is 6.21. The van der Waals surface area contributed by atoms with Crippen molar-refractivity contribution in [3.8, 4) is 11.5 Å². The van der Waals surface area contributed by atoms with E-state index >= 15 is 0 Å². The molecule has 1 saturated carbocycles. The molecule has 3 nitrogen and oxygen atoms in total.